The highest BCUT2D eigenvalue weighted by Gasteiger charge is 2.20. The monoisotopic (exact) mass is 314 g/mol. The Hall–Kier alpha value is -2.21. The Kier molecular flexibility index (Phi) is 4.43. The third-order valence-corrected chi connectivity index (χ3v) is 4.48. The third kappa shape index (κ3) is 3.42. The molecule has 6 heteroatoms. The van der Waals surface area contributed by atoms with E-state index in [4.69, 9.17) is 0 Å². The molecule has 3 rings (SSSR count). The minimum absolute atomic E-state index is 0.242. The minimum Gasteiger partial charge on any atom is -0.478 e. The smallest absolute Gasteiger partial charge is 0.337 e. The summed E-state index contributed by atoms with van der Waals surface area (Å²) in [5, 5.41) is 13.9. The van der Waals surface area contributed by atoms with E-state index in [1.165, 1.54) is 0 Å². The molecule has 1 aromatic carbocycles. The van der Waals surface area contributed by atoms with Crippen molar-refractivity contribution in [2.45, 2.75) is 26.2 Å². The molecule has 1 fully saturated rings. The van der Waals surface area contributed by atoms with Crippen molar-refractivity contribution in [2.75, 3.05) is 20.1 Å². The highest BCUT2D eigenvalue weighted by atomic mass is 16.4. The first-order chi connectivity index (χ1) is 11.0. The zero-order valence-corrected chi connectivity index (χ0v) is 13.6. The molecule has 0 unspecified atom stereocenters. The average molecular weight is 314 g/mol. The molecule has 1 aromatic heterocycles. The topological polar surface area (TPSA) is 71.2 Å². The maximum atomic E-state index is 11.4. The van der Waals surface area contributed by atoms with Crippen LogP contribution in [-0.4, -0.2) is 50.9 Å². The summed E-state index contributed by atoms with van der Waals surface area (Å²) in [6.45, 7) is 4.10. The molecule has 2 heterocycles. The highest BCUT2D eigenvalue weighted by Crippen LogP contribution is 2.21. The van der Waals surface area contributed by atoms with Gasteiger partial charge in [0, 0.05) is 6.42 Å². The van der Waals surface area contributed by atoms with E-state index in [1.807, 2.05) is 13.0 Å². The number of aromatic carboxylic acids is 1. The minimum atomic E-state index is -0.952. The lowest BCUT2D eigenvalue weighted by Crippen LogP contribution is -2.31. The molecule has 0 bridgehead atoms. The average Bonchev–Trinajstić information content (AvgIpc) is 2.90. The van der Waals surface area contributed by atoms with Gasteiger partial charge in [-0.1, -0.05) is 12.1 Å². The van der Waals surface area contributed by atoms with E-state index in [0.717, 1.165) is 44.0 Å². The number of para-hydroxylation sites is 1. The van der Waals surface area contributed by atoms with Gasteiger partial charge < -0.3 is 10.0 Å². The van der Waals surface area contributed by atoms with Crippen molar-refractivity contribution in [1.82, 2.24) is 19.7 Å². The number of piperidine rings is 1. The Labute approximate surface area is 135 Å². The number of hydrogen-bond acceptors (Lipinski definition) is 4. The third-order valence-electron chi connectivity index (χ3n) is 4.48. The molecule has 1 saturated heterocycles. The summed E-state index contributed by atoms with van der Waals surface area (Å²) in [5.41, 5.74) is 0.811. The summed E-state index contributed by atoms with van der Waals surface area (Å²) in [6, 6.07) is 6.90. The van der Waals surface area contributed by atoms with Crippen molar-refractivity contribution in [3.8, 4) is 5.69 Å². The molecule has 0 atom stereocenters. The predicted molar refractivity (Wildman–Crippen MR) is 87.0 cm³/mol. The van der Waals surface area contributed by atoms with Gasteiger partial charge in [0.2, 0.25) is 0 Å². The second-order valence-electron chi connectivity index (χ2n) is 6.26. The Balaban J connectivity index is 1.83. The van der Waals surface area contributed by atoms with Crippen molar-refractivity contribution in [1.29, 1.82) is 0 Å². The summed E-state index contributed by atoms with van der Waals surface area (Å²) in [6.07, 6.45) is 3.18. The van der Waals surface area contributed by atoms with Crippen LogP contribution in [0.15, 0.2) is 24.3 Å². The molecule has 6 nitrogen and oxygen atoms in total. The quantitative estimate of drug-likeness (QED) is 0.936. The van der Waals surface area contributed by atoms with Crippen LogP contribution >= 0.6 is 0 Å². The van der Waals surface area contributed by atoms with Crippen molar-refractivity contribution in [3.05, 3.63) is 41.5 Å². The van der Waals surface area contributed by atoms with Gasteiger partial charge >= 0.3 is 5.97 Å². The predicted octanol–water partition coefficient (Wildman–Crippen LogP) is 2.16. The van der Waals surface area contributed by atoms with Crippen LogP contribution in [0.2, 0.25) is 0 Å². The molecule has 1 N–H and O–H groups in total. The number of carboxylic acids is 1. The van der Waals surface area contributed by atoms with Gasteiger partial charge in [0.05, 0.1) is 11.3 Å². The van der Waals surface area contributed by atoms with E-state index in [9.17, 15) is 9.90 Å². The van der Waals surface area contributed by atoms with Crippen molar-refractivity contribution in [3.63, 3.8) is 0 Å². The molecule has 1 aliphatic rings. The number of benzene rings is 1. The number of rotatable bonds is 4. The van der Waals surface area contributed by atoms with Gasteiger partial charge in [0.25, 0.3) is 0 Å². The Morgan fingerprint density at radius 1 is 1.30 bits per heavy atom. The van der Waals surface area contributed by atoms with E-state index < -0.39 is 5.97 Å². The number of aryl methyl sites for hydroxylation is 1. The van der Waals surface area contributed by atoms with Gasteiger partial charge in [-0.25, -0.2) is 14.5 Å². The second kappa shape index (κ2) is 6.50. The fourth-order valence-corrected chi connectivity index (χ4v) is 3.12. The largest absolute Gasteiger partial charge is 0.478 e. The standard InChI is InChI=1S/C17H22N4O2/c1-12-18-16(11-13-7-9-20(2)10-8-13)19-21(12)15-6-4-3-5-14(15)17(22)23/h3-6,13H,7-11H2,1-2H3,(H,22,23). The Morgan fingerprint density at radius 3 is 2.70 bits per heavy atom. The summed E-state index contributed by atoms with van der Waals surface area (Å²) < 4.78 is 1.65. The molecular weight excluding hydrogens is 292 g/mol. The summed E-state index contributed by atoms with van der Waals surface area (Å²) in [5.74, 6) is 1.18. The van der Waals surface area contributed by atoms with E-state index in [0.29, 0.717) is 11.6 Å². The number of nitrogens with zero attached hydrogens (tertiary/aromatic N) is 4. The molecule has 0 spiro atoms. The number of likely N-dealkylation sites (tertiary alicyclic amines) is 1. The summed E-state index contributed by atoms with van der Waals surface area (Å²) in [7, 11) is 2.15. The lowest BCUT2D eigenvalue weighted by atomic mass is 9.94. The zero-order valence-electron chi connectivity index (χ0n) is 13.6. The summed E-state index contributed by atoms with van der Waals surface area (Å²) in [4.78, 5) is 18.3. The van der Waals surface area contributed by atoms with Crippen molar-refractivity contribution >= 4 is 5.97 Å². The maximum Gasteiger partial charge on any atom is 0.337 e. The molecule has 0 amide bonds. The molecule has 2 aromatic rings. The van der Waals surface area contributed by atoms with Crippen molar-refractivity contribution < 1.29 is 9.90 Å². The Morgan fingerprint density at radius 2 is 2.00 bits per heavy atom. The SMILES string of the molecule is Cc1nc(CC2CCN(C)CC2)nn1-c1ccccc1C(=O)O. The first-order valence-electron chi connectivity index (χ1n) is 7.98. The fourth-order valence-electron chi connectivity index (χ4n) is 3.12. The molecule has 23 heavy (non-hydrogen) atoms. The number of carbonyl (C=O) groups is 1. The zero-order chi connectivity index (χ0) is 16.4. The van der Waals surface area contributed by atoms with Crippen LogP contribution in [0.4, 0.5) is 0 Å². The van der Waals surface area contributed by atoms with Crippen LogP contribution in [0.3, 0.4) is 0 Å². The normalized spacial score (nSPS) is 16.6. The van der Waals surface area contributed by atoms with Gasteiger partial charge in [-0.15, -0.1) is 0 Å². The molecule has 0 radical (unpaired) electrons. The molecule has 1 aliphatic heterocycles. The number of hydrogen-bond donors (Lipinski definition) is 1. The van der Waals surface area contributed by atoms with Crippen LogP contribution in [0.25, 0.3) is 5.69 Å². The second-order valence-corrected chi connectivity index (χ2v) is 6.26. The van der Waals surface area contributed by atoms with Gasteiger partial charge in [-0.05, 0) is 58.0 Å². The fraction of sp³-hybridized carbons (Fsp3) is 0.471. The van der Waals surface area contributed by atoms with Crippen LogP contribution in [0, 0.1) is 12.8 Å². The molecule has 0 saturated carbocycles. The van der Waals surface area contributed by atoms with E-state index in [1.54, 1.807) is 22.9 Å². The molecule has 122 valence electrons. The van der Waals surface area contributed by atoms with Gasteiger partial charge in [0.1, 0.15) is 5.82 Å². The van der Waals surface area contributed by atoms with E-state index in [2.05, 4.69) is 22.0 Å². The van der Waals surface area contributed by atoms with Crippen molar-refractivity contribution in [2.24, 2.45) is 5.92 Å². The first kappa shape index (κ1) is 15.7. The lowest BCUT2D eigenvalue weighted by Gasteiger charge is -2.28. The molecule has 0 aliphatic carbocycles. The Bertz CT molecular complexity index is 702. The first-order valence-corrected chi connectivity index (χ1v) is 7.98. The van der Waals surface area contributed by atoms with Crippen LogP contribution < -0.4 is 0 Å². The highest BCUT2D eigenvalue weighted by molar-refractivity contribution is 5.91. The van der Waals surface area contributed by atoms with Gasteiger partial charge in [-0.3, -0.25) is 0 Å². The summed E-state index contributed by atoms with van der Waals surface area (Å²) >= 11 is 0. The van der Waals surface area contributed by atoms with Gasteiger partial charge in [-0.2, -0.15) is 5.10 Å². The van der Waals surface area contributed by atoms with Crippen LogP contribution in [0.1, 0.15) is 34.8 Å². The molecular formula is C17H22N4O2. The number of carboxylic acid groups (broad SMARTS) is 1. The lowest BCUT2D eigenvalue weighted by molar-refractivity contribution is 0.0696. The van der Waals surface area contributed by atoms with Gasteiger partial charge in [0.15, 0.2) is 5.82 Å². The van der Waals surface area contributed by atoms with E-state index >= 15 is 0 Å². The maximum absolute atomic E-state index is 11.4. The number of aromatic nitrogens is 3. The van der Waals surface area contributed by atoms with E-state index in [-0.39, 0.29) is 5.56 Å². The van der Waals surface area contributed by atoms with Crippen LogP contribution in [0.5, 0.6) is 0 Å². The van der Waals surface area contributed by atoms with Crippen LogP contribution in [-0.2, 0) is 6.42 Å².